The monoisotopic (exact) mass is 427 g/mol. The summed E-state index contributed by atoms with van der Waals surface area (Å²) in [4.78, 5) is 39.9. The molecule has 3 heterocycles. The number of amides is 2. The number of hydrogen-bond donors (Lipinski definition) is 1. The zero-order valence-electron chi connectivity index (χ0n) is 17.1. The van der Waals surface area contributed by atoms with Crippen LogP contribution in [0.15, 0.2) is 35.1 Å². The average molecular weight is 428 g/mol. The Morgan fingerprint density at radius 3 is 2.60 bits per heavy atom. The third kappa shape index (κ3) is 3.67. The van der Waals surface area contributed by atoms with Gasteiger partial charge < -0.3 is 19.5 Å². The molecule has 1 fully saturated rings. The van der Waals surface area contributed by atoms with Crippen LogP contribution in [0, 0.1) is 0 Å². The Labute approximate surface area is 178 Å². The number of nitrogens with zero attached hydrogens (tertiary/aromatic N) is 2. The number of thiophene rings is 1. The summed E-state index contributed by atoms with van der Waals surface area (Å²) in [5.74, 6) is -0.169. The highest BCUT2D eigenvalue weighted by Crippen LogP contribution is 2.30. The SMILES string of the molecule is CCOC(=O)N1CCC(NC(=O)c2cc3c(=O)n(CC)c4ccccc4c3s2)CC1. The molecule has 0 saturated carbocycles. The lowest BCUT2D eigenvalue weighted by atomic mass is 10.1. The first-order valence-corrected chi connectivity index (χ1v) is 11.1. The van der Waals surface area contributed by atoms with Crippen LogP contribution in [0.5, 0.6) is 0 Å². The van der Waals surface area contributed by atoms with E-state index in [9.17, 15) is 14.4 Å². The van der Waals surface area contributed by atoms with Gasteiger partial charge in [0, 0.05) is 35.8 Å². The molecule has 1 aliphatic rings. The lowest BCUT2D eigenvalue weighted by Crippen LogP contribution is -2.46. The van der Waals surface area contributed by atoms with Crippen molar-refractivity contribution in [3.8, 4) is 0 Å². The first-order chi connectivity index (χ1) is 14.5. The van der Waals surface area contributed by atoms with Crippen molar-refractivity contribution in [2.24, 2.45) is 0 Å². The molecule has 2 aromatic heterocycles. The number of aromatic nitrogens is 1. The summed E-state index contributed by atoms with van der Waals surface area (Å²) in [6, 6.07) is 9.51. The highest BCUT2D eigenvalue weighted by molar-refractivity contribution is 7.21. The van der Waals surface area contributed by atoms with Crippen LogP contribution in [-0.4, -0.2) is 47.2 Å². The number of rotatable bonds is 4. The van der Waals surface area contributed by atoms with Crippen LogP contribution in [-0.2, 0) is 11.3 Å². The van der Waals surface area contributed by atoms with Crippen molar-refractivity contribution in [3.05, 3.63) is 45.6 Å². The molecule has 7 nitrogen and oxygen atoms in total. The molecule has 0 spiro atoms. The second-order valence-corrected chi connectivity index (χ2v) is 8.41. The van der Waals surface area contributed by atoms with Crippen LogP contribution in [0.3, 0.4) is 0 Å². The number of nitrogens with one attached hydrogen (secondary N) is 1. The summed E-state index contributed by atoms with van der Waals surface area (Å²) in [5.41, 5.74) is 0.821. The second kappa shape index (κ2) is 8.47. The molecular weight excluding hydrogens is 402 g/mol. The van der Waals surface area contributed by atoms with Gasteiger partial charge >= 0.3 is 6.09 Å². The Kier molecular flexibility index (Phi) is 5.76. The molecule has 0 bridgehead atoms. The van der Waals surface area contributed by atoms with E-state index in [2.05, 4.69) is 5.32 Å². The lowest BCUT2D eigenvalue weighted by Gasteiger charge is -2.31. The number of carbonyl (C=O) groups excluding carboxylic acids is 2. The van der Waals surface area contributed by atoms with E-state index in [0.29, 0.717) is 49.3 Å². The predicted molar refractivity (Wildman–Crippen MR) is 118 cm³/mol. The summed E-state index contributed by atoms with van der Waals surface area (Å²) >= 11 is 1.36. The van der Waals surface area contributed by atoms with E-state index in [0.717, 1.165) is 15.6 Å². The quantitative estimate of drug-likeness (QED) is 0.690. The minimum atomic E-state index is -0.300. The third-order valence-electron chi connectivity index (χ3n) is 5.54. The van der Waals surface area contributed by atoms with Crippen LogP contribution >= 0.6 is 11.3 Å². The maximum absolute atomic E-state index is 12.9. The number of para-hydroxylation sites is 1. The molecule has 3 aromatic rings. The molecular formula is C22H25N3O4S. The molecule has 1 saturated heterocycles. The number of benzene rings is 1. The molecule has 0 radical (unpaired) electrons. The second-order valence-electron chi connectivity index (χ2n) is 7.35. The molecule has 4 rings (SSSR count). The van der Waals surface area contributed by atoms with Crippen LogP contribution in [0.25, 0.3) is 21.0 Å². The number of aryl methyl sites for hydroxylation is 1. The first kappa shape index (κ1) is 20.4. The minimum Gasteiger partial charge on any atom is -0.450 e. The van der Waals surface area contributed by atoms with E-state index in [4.69, 9.17) is 4.74 Å². The topological polar surface area (TPSA) is 80.6 Å². The lowest BCUT2D eigenvalue weighted by molar-refractivity contribution is 0.0863. The Morgan fingerprint density at radius 1 is 1.17 bits per heavy atom. The van der Waals surface area contributed by atoms with Gasteiger partial charge in [-0.3, -0.25) is 9.59 Å². The number of likely N-dealkylation sites (tertiary alicyclic amines) is 1. The zero-order valence-corrected chi connectivity index (χ0v) is 18.0. The van der Waals surface area contributed by atoms with Crippen molar-refractivity contribution in [1.82, 2.24) is 14.8 Å². The van der Waals surface area contributed by atoms with Gasteiger partial charge in [0.05, 0.1) is 22.4 Å². The van der Waals surface area contributed by atoms with Gasteiger partial charge in [0.25, 0.3) is 11.5 Å². The fourth-order valence-electron chi connectivity index (χ4n) is 4.01. The zero-order chi connectivity index (χ0) is 21.3. The standard InChI is InChI=1S/C22H25N3O4S/c1-3-25-17-8-6-5-7-15(17)19-16(21(25)27)13-18(30-19)20(26)23-14-9-11-24(12-10-14)22(28)29-4-2/h5-8,13-14H,3-4,9-12H2,1-2H3,(H,23,26). The molecule has 0 unspecified atom stereocenters. The van der Waals surface area contributed by atoms with Gasteiger partial charge in [0.15, 0.2) is 0 Å². The van der Waals surface area contributed by atoms with Gasteiger partial charge in [0.1, 0.15) is 0 Å². The van der Waals surface area contributed by atoms with E-state index >= 15 is 0 Å². The number of fused-ring (bicyclic) bond motifs is 3. The highest BCUT2D eigenvalue weighted by atomic mass is 32.1. The number of carbonyl (C=O) groups is 2. The van der Waals surface area contributed by atoms with Gasteiger partial charge in [-0.25, -0.2) is 4.79 Å². The van der Waals surface area contributed by atoms with Crippen molar-refractivity contribution in [2.75, 3.05) is 19.7 Å². The molecule has 1 aromatic carbocycles. The Hall–Kier alpha value is -2.87. The minimum absolute atomic E-state index is 0.00238. The summed E-state index contributed by atoms with van der Waals surface area (Å²) in [7, 11) is 0. The molecule has 158 valence electrons. The third-order valence-corrected chi connectivity index (χ3v) is 6.71. The van der Waals surface area contributed by atoms with Crippen LogP contribution in [0.2, 0.25) is 0 Å². The van der Waals surface area contributed by atoms with Crippen molar-refractivity contribution in [2.45, 2.75) is 39.3 Å². The summed E-state index contributed by atoms with van der Waals surface area (Å²) < 4.78 is 7.63. The summed E-state index contributed by atoms with van der Waals surface area (Å²) in [6.45, 7) is 5.78. The normalized spacial score (nSPS) is 14.9. The predicted octanol–water partition coefficient (Wildman–Crippen LogP) is 3.59. The van der Waals surface area contributed by atoms with Crippen molar-refractivity contribution < 1.29 is 14.3 Å². The number of pyridine rings is 1. The first-order valence-electron chi connectivity index (χ1n) is 10.3. The van der Waals surface area contributed by atoms with E-state index in [1.807, 2.05) is 31.2 Å². The van der Waals surface area contributed by atoms with Crippen LogP contribution in [0.4, 0.5) is 4.79 Å². The Bertz CT molecular complexity index is 1160. The van der Waals surface area contributed by atoms with Gasteiger partial charge in [-0.1, -0.05) is 18.2 Å². The van der Waals surface area contributed by atoms with Gasteiger partial charge in [0.2, 0.25) is 0 Å². The fraction of sp³-hybridized carbons (Fsp3) is 0.409. The number of piperidine rings is 1. The molecule has 2 amide bonds. The molecule has 0 atom stereocenters. The highest BCUT2D eigenvalue weighted by Gasteiger charge is 2.25. The van der Waals surface area contributed by atoms with Crippen molar-refractivity contribution in [1.29, 1.82) is 0 Å². The molecule has 30 heavy (non-hydrogen) atoms. The Balaban J connectivity index is 1.55. The molecule has 1 aliphatic heterocycles. The smallest absolute Gasteiger partial charge is 0.409 e. The maximum atomic E-state index is 12.9. The molecule has 0 aliphatic carbocycles. The average Bonchev–Trinajstić information content (AvgIpc) is 3.21. The summed E-state index contributed by atoms with van der Waals surface area (Å²) in [6.07, 6.45) is 1.06. The van der Waals surface area contributed by atoms with Gasteiger partial charge in [-0.15, -0.1) is 11.3 Å². The molecule has 8 heteroatoms. The van der Waals surface area contributed by atoms with E-state index in [1.54, 1.807) is 22.5 Å². The van der Waals surface area contributed by atoms with Crippen LogP contribution < -0.4 is 10.9 Å². The number of ether oxygens (including phenoxy) is 1. The van der Waals surface area contributed by atoms with E-state index in [1.165, 1.54) is 11.3 Å². The van der Waals surface area contributed by atoms with Crippen LogP contribution in [0.1, 0.15) is 36.4 Å². The largest absolute Gasteiger partial charge is 0.450 e. The summed E-state index contributed by atoms with van der Waals surface area (Å²) in [5, 5.41) is 4.64. The Morgan fingerprint density at radius 2 is 1.90 bits per heavy atom. The van der Waals surface area contributed by atoms with Crippen molar-refractivity contribution >= 4 is 44.3 Å². The fourth-order valence-corrected chi connectivity index (χ4v) is 5.10. The number of hydrogen-bond acceptors (Lipinski definition) is 5. The van der Waals surface area contributed by atoms with E-state index in [-0.39, 0.29) is 23.6 Å². The van der Waals surface area contributed by atoms with Crippen molar-refractivity contribution in [3.63, 3.8) is 0 Å². The molecule has 1 N–H and O–H groups in total. The maximum Gasteiger partial charge on any atom is 0.409 e. The van der Waals surface area contributed by atoms with Gasteiger partial charge in [-0.05, 0) is 38.8 Å². The van der Waals surface area contributed by atoms with Gasteiger partial charge in [-0.2, -0.15) is 0 Å². The van der Waals surface area contributed by atoms with E-state index < -0.39 is 0 Å².